The average molecular weight is 246 g/mol. The van der Waals surface area contributed by atoms with E-state index in [0.29, 0.717) is 0 Å². The van der Waals surface area contributed by atoms with Crippen LogP contribution in [0.2, 0.25) is 0 Å². The van der Waals surface area contributed by atoms with Gasteiger partial charge in [0.05, 0.1) is 5.39 Å². The van der Waals surface area contributed by atoms with Crippen LogP contribution in [0, 0.1) is 0 Å². The summed E-state index contributed by atoms with van der Waals surface area (Å²) < 4.78 is 2.41. The summed E-state index contributed by atoms with van der Waals surface area (Å²) in [5.74, 6) is 0. The van der Waals surface area contributed by atoms with Crippen molar-refractivity contribution in [2.45, 2.75) is 19.4 Å². The summed E-state index contributed by atoms with van der Waals surface area (Å²) in [7, 11) is 0. The van der Waals surface area contributed by atoms with Crippen molar-refractivity contribution in [2.75, 3.05) is 0 Å². The van der Waals surface area contributed by atoms with Gasteiger partial charge in [0, 0.05) is 18.1 Å². The highest BCUT2D eigenvalue weighted by molar-refractivity contribution is 5.93. The SMILES string of the molecule is c1ccc2c(c1)CCC[n+]1ccc3ccccc3c1-2. The maximum atomic E-state index is 2.41. The van der Waals surface area contributed by atoms with Crippen LogP contribution >= 0.6 is 0 Å². The molecule has 1 nitrogen and oxygen atoms in total. The maximum Gasteiger partial charge on any atom is 0.220 e. The summed E-state index contributed by atoms with van der Waals surface area (Å²) in [6.45, 7) is 1.11. The smallest absolute Gasteiger partial charge is 0.198 e. The van der Waals surface area contributed by atoms with Gasteiger partial charge in [0.2, 0.25) is 5.69 Å². The van der Waals surface area contributed by atoms with Crippen molar-refractivity contribution in [1.82, 2.24) is 0 Å². The molecule has 0 saturated carbocycles. The molecule has 0 N–H and O–H groups in total. The lowest BCUT2D eigenvalue weighted by Gasteiger charge is -2.07. The molecule has 2 aromatic carbocycles. The third kappa shape index (κ3) is 1.66. The molecular weight excluding hydrogens is 230 g/mol. The second-order valence-corrected chi connectivity index (χ2v) is 5.21. The van der Waals surface area contributed by atoms with E-state index in [2.05, 4.69) is 65.4 Å². The highest BCUT2D eigenvalue weighted by Gasteiger charge is 2.22. The Morgan fingerprint density at radius 2 is 1.68 bits per heavy atom. The Kier molecular flexibility index (Phi) is 2.37. The van der Waals surface area contributed by atoms with Gasteiger partial charge in [-0.2, -0.15) is 4.57 Å². The molecule has 92 valence electrons. The highest BCUT2D eigenvalue weighted by Crippen LogP contribution is 2.30. The van der Waals surface area contributed by atoms with Crippen LogP contribution < -0.4 is 4.57 Å². The van der Waals surface area contributed by atoms with Crippen LogP contribution in [-0.4, -0.2) is 0 Å². The van der Waals surface area contributed by atoms with E-state index in [0.717, 1.165) is 6.54 Å². The monoisotopic (exact) mass is 246 g/mol. The van der Waals surface area contributed by atoms with Crippen molar-refractivity contribution in [1.29, 1.82) is 0 Å². The molecule has 0 spiro atoms. The van der Waals surface area contributed by atoms with Gasteiger partial charge in [0.25, 0.3) is 0 Å². The summed E-state index contributed by atoms with van der Waals surface area (Å²) in [5.41, 5.74) is 4.26. The minimum atomic E-state index is 1.11. The lowest BCUT2D eigenvalue weighted by Crippen LogP contribution is -2.35. The molecule has 1 heteroatoms. The van der Waals surface area contributed by atoms with E-state index in [1.165, 1.54) is 40.4 Å². The molecule has 2 heterocycles. The van der Waals surface area contributed by atoms with Gasteiger partial charge in [0.1, 0.15) is 6.54 Å². The van der Waals surface area contributed by atoms with Crippen LogP contribution in [0.1, 0.15) is 12.0 Å². The van der Waals surface area contributed by atoms with Gasteiger partial charge in [-0.15, -0.1) is 0 Å². The van der Waals surface area contributed by atoms with Gasteiger partial charge < -0.3 is 0 Å². The zero-order chi connectivity index (χ0) is 12.7. The van der Waals surface area contributed by atoms with Crippen molar-refractivity contribution in [3.63, 3.8) is 0 Å². The van der Waals surface area contributed by atoms with Gasteiger partial charge in [-0.1, -0.05) is 36.4 Å². The van der Waals surface area contributed by atoms with Crippen LogP contribution in [0.15, 0.2) is 60.8 Å². The fraction of sp³-hybridized carbons (Fsp3) is 0.167. The minimum Gasteiger partial charge on any atom is -0.198 e. The molecule has 0 fully saturated rings. The van der Waals surface area contributed by atoms with E-state index in [1.807, 2.05) is 0 Å². The van der Waals surface area contributed by atoms with Crippen LogP contribution in [0.3, 0.4) is 0 Å². The van der Waals surface area contributed by atoms with Crippen molar-refractivity contribution >= 4 is 10.8 Å². The first-order chi connectivity index (χ1) is 9.43. The average Bonchev–Trinajstić information content (AvgIpc) is 2.66. The zero-order valence-corrected chi connectivity index (χ0v) is 10.8. The predicted molar refractivity (Wildman–Crippen MR) is 77.9 cm³/mol. The van der Waals surface area contributed by atoms with E-state index in [9.17, 15) is 0 Å². The number of hydrogen-bond acceptors (Lipinski definition) is 0. The Morgan fingerprint density at radius 3 is 2.68 bits per heavy atom. The largest absolute Gasteiger partial charge is 0.220 e. The second-order valence-electron chi connectivity index (χ2n) is 5.21. The molecule has 1 aromatic heterocycles. The number of aryl methyl sites for hydroxylation is 2. The maximum absolute atomic E-state index is 2.41. The molecule has 1 aliphatic rings. The number of aromatic nitrogens is 1. The van der Waals surface area contributed by atoms with Gasteiger partial charge in [0.15, 0.2) is 6.20 Å². The van der Waals surface area contributed by atoms with Crippen molar-refractivity contribution < 1.29 is 4.57 Å². The normalized spacial score (nSPS) is 13.7. The Balaban J connectivity index is 2.15. The number of nitrogens with zero attached hydrogens (tertiary/aromatic N) is 1. The van der Waals surface area contributed by atoms with Gasteiger partial charge in [-0.25, -0.2) is 0 Å². The molecule has 0 atom stereocenters. The zero-order valence-electron chi connectivity index (χ0n) is 10.8. The fourth-order valence-electron chi connectivity index (χ4n) is 3.15. The summed E-state index contributed by atoms with van der Waals surface area (Å²) in [6, 6.07) is 19.7. The van der Waals surface area contributed by atoms with E-state index < -0.39 is 0 Å². The first-order valence-corrected chi connectivity index (χ1v) is 6.93. The Labute approximate surface area is 113 Å². The highest BCUT2D eigenvalue weighted by atomic mass is 15.0. The van der Waals surface area contributed by atoms with E-state index in [-0.39, 0.29) is 0 Å². The summed E-state index contributed by atoms with van der Waals surface area (Å²) in [6.07, 6.45) is 4.62. The molecule has 0 bridgehead atoms. The van der Waals surface area contributed by atoms with E-state index in [4.69, 9.17) is 0 Å². The third-order valence-electron chi connectivity index (χ3n) is 4.05. The Bertz CT molecular complexity index is 758. The van der Waals surface area contributed by atoms with Gasteiger partial charge in [-0.05, 0) is 29.5 Å². The van der Waals surface area contributed by atoms with E-state index in [1.54, 1.807) is 0 Å². The van der Waals surface area contributed by atoms with Crippen molar-refractivity contribution in [2.24, 2.45) is 0 Å². The van der Waals surface area contributed by atoms with Crippen LogP contribution in [-0.2, 0) is 13.0 Å². The topological polar surface area (TPSA) is 3.88 Å². The first-order valence-electron chi connectivity index (χ1n) is 6.93. The first kappa shape index (κ1) is 10.7. The Morgan fingerprint density at radius 1 is 0.842 bits per heavy atom. The Hall–Kier alpha value is -2.15. The molecule has 1 aliphatic heterocycles. The number of pyridine rings is 1. The quantitative estimate of drug-likeness (QED) is 0.532. The summed E-state index contributed by atoms with van der Waals surface area (Å²) in [4.78, 5) is 0. The summed E-state index contributed by atoms with van der Waals surface area (Å²) >= 11 is 0. The number of fused-ring (bicyclic) bond motifs is 5. The lowest BCUT2D eigenvalue weighted by molar-refractivity contribution is -0.684. The molecule has 4 rings (SSSR count). The van der Waals surface area contributed by atoms with Crippen molar-refractivity contribution in [3.05, 3.63) is 66.4 Å². The number of hydrogen-bond donors (Lipinski definition) is 0. The lowest BCUT2D eigenvalue weighted by atomic mass is 9.98. The molecule has 3 aromatic rings. The molecule has 19 heavy (non-hydrogen) atoms. The molecule has 0 amide bonds. The van der Waals surface area contributed by atoms with Crippen LogP contribution in [0.4, 0.5) is 0 Å². The molecule has 0 radical (unpaired) electrons. The van der Waals surface area contributed by atoms with Crippen LogP contribution in [0.5, 0.6) is 0 Å². The molecular formula is C18H16N+. The molecule has 0 saturated heterocycles. The predicted octanol–water partition coefficient (Wildman–Crippen LogP) is 3.74. The van der Waals surface area contributed by atoms with Gasteiger partial charge >= 0.3 is 0 Å². The fourth-order valence-corrected chi connectivity index (χ4v) is 3.15. The molecule has 0 aliphatic carbocycles. The van der Waals surface area contributed by atoms with E-state index >= 15 is 0 Å². The second kappa shape index (κ2) is 4.20. The van der Waals surface area contributed by atoms with Crippen molar-refractivity contribution in [3.8, 4) is 11.3 Å². The number of rotatable bonds is 0. The molecule has 0 unspecified atom stereocenters. The standard InChI is InChI=1S/C18H16N/c1-3-9-16-14(6-1)8-5-12-19-13-11-15-7-2-4-10-17(15)18(16)19/h1-4,6-7,9-11,13H,5,8,12H2/q+1. The summed E-state index contributed by atoms with van der Waals surface area (Å²) in [5, 5.41) is 2.69. The van der Waals surface area contributed by atoms with Crippen LogP contribution in [0.25, 0.3) is 22.0 Å². The number of benzene rings is 2. The van der Waals surface area contributed by atoms with Gasteiger partial charge in [-0.3, -0.25) is 0 Å². The third-order valence-corrected chi connectivity index (χ3v) is 4.05. The minimum absolute atomic E-state index is 1.11.